The number of carbonyl (C=O) groups excluding carboxylic acids is 4. The van der Waals surface area contributed by atoms with Gasteiger partial charge in [-0.1, -0.05) is 35.5 Å². The highest BCUT2D eigenvalue weighted by molar-refractivity contribution is 6.52. The number of ether oxygens (including phenoxy) is 2. The van der Waals surface area contributed by atoms with E-state index in [1.807, 2.05) is 53.9 Å². The quantitative estimate of drug-likeness (QED) is 0.320. The van der Waals surface area contributed by atoms with E-state index in [-0.39, 0.29) is 36.8 Å². The van der Waals surface area contributed by atoms with Crippen LogP contribution in [0.2, 0.25) is 11.0 Å². The lowest BCUT2D eigenvalue weighted by atomic mass is 9.38. The van der Waals surface area contributed by atoms with Crippen LogP contribution in [0.25, 0.3) is 0 Å². The Labute approximate surface area is 225 Å². The van der Waals surface area contributed by atoms with Crippen molar-refractivity contribution in [2.75, 3.05) is 19.8 Å². The monoisotopic (exact) mass is 511 g/mol. The fraction of sp³-hybridized carbons (Fsp3) is 0.360. The summed E-state index contributed by atoms with van der Waals surface area (Å²) in [5, 5.41) is -0.715. The molecule has 3 aliphatic rings. The van der Waals surface area contributed by atoms with Gasteiger partial charge in [-0.3, -0.25) is 19.2 Å². The molecule has 5 rings (SSSR count). The van der Waals surface area contributed by atoms with E-state index in [2.05, 4.69) is 0 Å². The maximum absolute atomic E-state index is 13.5. The fourth-order valence-corrected chi connectivity index (χ4v) is 5.50. The van der Waals surface area contributed by atoms with Crippen LogP contribution in [-0.4, -0.2) is 95.6 Å². The van der Waals surface area contributed by atoms with E-state index in [1.165, 1.54) is 7.98 Å². The molecule has 3 heterocycles. The minimum Gasteiger partial charge on any atom is -0.489 e. The van der Waals surface area contributed by atoms with Crippen LogP contribution < -0.4 is 4.74 Å². The summed E-state index contributed by atoms with van der Waals surface area (Å²) in [5.74, 6) is -0.635. The molecular formula is C25H29B4N3O6. The molecule has 0 spiro atoms. The number of hydrogen-bond acceptors (Lipinski definition) is 6. The van der Waals surface area contributed by atoms with Crippen molar-refractivity contribution in [2.45, 2.75) is 36.8 Å². The zero-order valence-corrected chi connectivity index (χ0v) is 22.2. The summed E-state index contributed by atoms with van der Waals surface area (Å²) in [6.45, 7) is 2.37. The van der Waals surface area contributed by atoms with Crippen molar-refractivity contribution in [3.8, 4) is 5.75 Å². The number of hydrogen-bond donors (Lipinski definition) is 0. The highest BCUT2D eigenvalue weighted by Gasteiger charge is 2.54. The average Bonchev–Trinajstić information content (AvgIpc) is 3.23. The zero-order valence-electron chi connectivity index (χ0n) is 22.2. The van der Waals surface area contributed by atoms with Crippen molar-refractivity contribution in [1.29, 1.82) is 0 Å². The molecule has 0 aliphatic carbocycles. The molecule has 0 N–H and O–H groups in total. The second-order valence-electron chi connectivity index (χ2n) is 10.9. The molecule has 2 unspecified atom stereocenters. The topological polar surface area (TPSA) is 96.5 Å². The Morgan fingerprint density at radius 1 is 1.00 bits per heavy atom. The maximum atomic E-state index is 13.5. The minimum atomic E-state index is -0.751. The molecule has 9 nitrogen and oxygen atoms in total. The van der Waals surface area contributed by atoms with Crippen molar-refractivity contribution in [3.05, 3.63) is 64.7 Å². The van der Waals surface area contributed by atoms with E-state index >= 15 is 0 Å². The van der Waals surface area contributed by atoms with Gasteiger partial charge in [0.05, 0.1) is 13.2 Å². The molecule has 2 aromatic carbocycles. The van der Waals surface area contributed by atoms with Gasteiger partial charge in [0, 0.05) is 30.0 Å². The molecule has 2 fully saturated rings. The van der Waals surface area contributed by atoms with Crippen LogP contribution in [0.15, 0.2) is 42.5 Å². The second-order valence-corrected chi connectivity index (χ2v) is 10.9. The molecule has 2 atom stereocenters. The number of morpholine rings is 1. The van der Waals surface area contributed by atoms with Crippen molar-refractivity contribution in [1.82, 2.24) is 14.6 Å². The lowest BCUT2D eigenvalue weighted by molar-refractivity contribution is -0.146. The van der Waals surface area contributed by atoms with Crippen molar-refractivity contribution in [3.63, 3.8) is 0 Å². The molecular weight excluding hydrogens is 482 g/mol. The first-order valence-electron chi connectivity index (χ1n) is 12.9. The Hall–Kier alpha value is -3.46. The minimum absolute atomic E-state index is 0.00352. The van der Waals surface area contributed by atoms with E-state index < -0.39 is 17.1 Å². The van der Waals surface area contributed by atoms with Gasteiger partial charge >= 0.3 is 0 Å². The molecule has 13 heteroatoms. The van der Waals surface area contributed by atoms with E-state index in [1.54, 1.807) is 21.9 Å². The van der Waals surface area contributed by atoms with Gasteiger partial charge in [-0.15, -0.1) is 0 Å². The molecule has 192 valence electrons. The number of carbonyl (C=O) groups is 4. The van der Waals surface area contributed by atoms with Crippen LogP contribution >= 0.6 is 0 Å². The zero-order chi connectivity index (χ0) is 27.2. The summed E-state index contributed by atoms with van der Waals surface area (Å²) in [6.07, 6.45) is 0. The molecule has 0 bridgehead atoms. The summed E-state index contributed by atoms with van der Waals surface area (Å²) in [5.41, 5.74) is 3.25. The number of nitrogens with zero attached hydrogens (tertiary/aromatic N) is 3. The number of piperidine rings is 1. The van der Waals surface area contributed by atoms with Crippen LogP contribution in [0.3, 0.4) is 0 Å². The molecule has 0 radical (unpaired) electrons. The lowest BCUT2D eigenvalue weighted by Gasteiger charge is -2.49. The first kappa shape index (κ1) is 26.2. The number of benzene rings is 2. The van der Waals surface area contributed by atoms with Crippen LogP contribution in [0.4, 0.5) is 0 Å². The van der Waals surface area contributed by atoms with Gasteiger partial charge in [0.25, 0.3) is 5.91 Å². The van der Waals surface area contributed by atoms with E-state index in [0.717, 1.165) is 21.5 Å². The van der Waals surface area contributed by atoms with Crippen molar-refractivity contribution < 1.29 is 28.7 Å². The summed E-state index contributed by atoms with van der Waals surface area (Å²) in [6, 6.07) is 12.5. The molecule has 2 saturated heterocycles. The van der Waals surface area contributed by atoms with Gasteiger partial charge in [-0.25, -0.2) is 0 Å². The molecule has 38 heavy (non-hydrogen) atoms. The Bertz CT molecular complexity index is 1300. The normalized spacial score (nSPS) is 23.1. The first-order chi connectivity index (χ1) is 18.1. The van der Waals surface area contributed by atoms with Gasteiger partial charge in [0.1, 0.15) is 48.5 Å². The Balaban J connectivity index is 1.29. The average molecular weight is 511 g/mol. The van der Waals surface area contributed by atoms with Gasteiger partial charge < -0.3 is 24.1 Å². The summed E-state index contributed by atoms with van der Waals surface area (Å²) < 4.78 is 11.3. The van der Waals surface area contributed by atoms with Gasteiger partial charge in [-0.05, 0) is 23.3 Å². The number of rotatable bonds is 6. The first-order valence-corrected chi connectivity index (χ1v) is 12.9. The third-order valence-electron chi connectivity index (χ3n) is 8.23. The summed E-state index contributed by atoms with van der Waals surface area (Å²) in [7, 11) is 7.04. The largest absolute Gasteiger partial charge is 0.489 e. The lowest BCUT2D eigenvalue weighted by Crippen LogP contribution is -2.63. The smallest absolute Gasteiger partial charge is 0.255 e. The Kier molecular flexibility index (Phi) is 6.90. The highest BCUT2D eigenvalue weighted by Crippen LogP contribution is 2.46. The fourth-order valence-electron chi connectivity index (χ4n) is 5.50. The van der Waals surface area contributed by atoms with Crippen molar-refractivity contribution in [2.24, 2.45) is 0 Å². The van der Waals surface area contributed by atoms with Crippen molar-refractivity contribution >= 4 is 55.1 Å². The number of imide groups is 1. The van der Waals surface area contributed by atoms with Gasteiger partial charge in [0.2, 0.25) is 25.7 Å². The second kappa shape index (κ2) is 10.0. The summed E-state index contributed by atoms with van der Waals surface area (Å²) in [4.78, 5) is 55.7. The molecule has 0 aromatic heterocycles. The van der Waals surface area contributed by atoms with Gasteiger partial charge in [-0.2, -0.15) is 0 Å². The Morgan fingerprint density at radius 2 is 1.71 bits per heavy atom. The SMILES string of the molecule is BC1C(=O)N(B)C(=O)C(N2Cc3c(OCc4ccc(CN5CCOCC5=O)cc4)cccc3C2=O)C1(B)B. The predicted molar refractivity (Wildman–Crippen MR) is 150 cm³/mol. The number of fused-ring (bicyclic) bond motifs is 1. The van der Waals surface area contributed by atoms with Crippen LogP contribution in [0.1, 0.15) is 27.0 Å². The molecule has 4 amide bonds. The standard InChI is InChI=1S/C25H29B4N3O6/c26-20-23(35)32(29)24(36)21(25(20,27)28)31-11-17-16(22(31)34)2-1-3-18(17)38-12-15-6-4-14(5-7-15)10-30-8-9-37-13-19(30)33/h1-7,20-21H,8-13,26-29H2. The molecule has 2 aromatic rings. The molecule has 0 saturated carbocycles. The molecule has 3 aliphatic heterocycles. The van der Waals surface area contributed by atoms with E-state index in [0.29, 0.717) is 37.6 Å². The summed E-state index contributed by atoms with van der Waals surface area (Å²) >= 11 is 0. The third kappa shape index (κ3) is 4.53. The van der Waals surface area contributed by atoms with Gasteiger partial charge in [0.15, 0.2) is 0 Å². The predicted octanol–water partition coefficient (Wildman–Crippen LogP) is -2.33. The van der Waals surface area contributed by atoms with Crippen LogP contribution in [0, 0.1) is 0 Å². The van der Waals surface area contributed by atoms with Crippen LogP contribution in [-0.2, 0) is 38.8 Å². The van der Waals surface area contributed by atoms with E-state index in [9.17, 15) is 19.2 Å². The third-order valence-corrected chi connectivity index (χ3v) is 8.23. The highest BCUT2D eigenvalue weighted by atomic mass is 16.5. The van der Waals surface area contributed by atoms with E-state index in [4.69, 9.17) is 9.47 Å². The van der Waals surface area contributed by atoms with Crippen LogP contribution in [0.5, 0.6) is 5.75 Å². The Morgan fingerprint density at radius 3 is 2.42 bits per heavy atom. The maximum Gasteiger partial charge on any atom is 0.255 e. The number of amides is 4.